The number of ketones is 1. The molecule has 0 aromatic carbocycles. The number of hydrogen-bond donors (Lipinski definition) is 2. The third-order valence-corrected chi connectivity index (χ3v) is 6.43. The van der Waals surface area contributed by atoms with E-state index in [9.17, 15) is 14.7 Å². The van der Waals surface area contributed by atoms with Gasteiger partial charge < -0.3 is 10.2 Å². The molecular weight excluding hydrogens is 330 g/mol. The Morgan fingerprint density at radius 2 is 2.12 bits per heavy atom. The molecule has 2 atom stereocenters. The zero-order valence-corrected chi connectivity index (χ0v) is 16.2. The van der Waals surface area contributed by atoms with Gasteiger partial charge in [-0.2, -0.15) is 0 Å². The SMILES string of the molecule is CCC1([C@@H](O)CCCN2CCC(=O)C2C/C=C\CCCC(=O)O)CCC1. The van der Waals surface area contributed by atoms with Gasteiger partial charge in [-0.25, -0.2) is 0 Å². The van der Waals surface area contributed by atoms with Gasteiger partial charge in [-0.05, 0) is 63.3 Å². The third kappa shape index (κ3) is 5.65. The Morgan fingerprint density at radius 3 is 2.73 bits per heavy atom. The molecule has 148 valence electrons. The second-order valence-electron chi connectivity index (χ2n) is 7.99. The van der Waals surface area contributed by atoms with E-state index >= 15 is 0 Å². The monoisotopic (exact) mass is 365 g/mol. The normalized spacial score (nSPS) is 24.1. The zero-order chi connectivity index (χ0) is 19.0. The van der Waals surface area contributed by atoms with Crippen LogP contribution < -0.4 is 0 Å². The summed E-state index contributed by atoms with van der Waals surface area (Å²) in [5, 5.41) is 19.2. The van der Waals surface area contributed by atoms with E-state index in [0.717, 1.165) is 51.6 Å². The molecule has 5 nitrogen and oxygen atoms in total. The summed E-state index contributed by atoms with van der Waals surface area (Å²) in [4.78, 5) is 24.9. The summed E-state index contributed by atoms with van der Waals surface area (Å²) in [5.41, 5.74) is 0.166. The summed E-state index contributed by atoms with van der Waals surface area (Å²) >= 11 is 0. The van der Waals surface area contributed by atoms with Crippen LogP contribution >= 0.6 is 0 Å². The van der Waals surface area contributed by atoms with Crippen LogP contribution in [0.2, 0.25) is 0 Å². The van der Waals surface area contributed by atoms with E-state index in [0.29, 0.717) is 25.0 Å². The van der Waals surface area contributed by atoms with Crippen LogP contribution in [0.5, 0.6) is 0 Å². The summed E-state index contributed by atoms with van der Waals surface area (Å²) in [6.45, 7) is 3.88. The van der Waals surface area contributed by atoms with Crippen molar-refractivity contribution in [2.24, 2.45) is 5.41 Å². The van der Waals surface area contributed by atoms with Crippen LogP contribution in [0.3, 0.4) is 0 Å². The minimum absolute atomic E-state index is 0.0355. The van der Waals surface area contributed by atoms with E-state index in [1.54, 1.807) is 0 Å². The van der Waals surface area contributed by atoms with Crippen molar-refractivity contribution in [2.45, 2.75) is 89.7 Å². The quantitative estimate of drug-likeness (QED) is 0.408. The van der Waals surface area contributed by atoms with Gasteiger partial charge in [0.2, 0.25) is 0 Å². The Bertz CT molecular complexity index is 493. The minimum Gasteiger partial charge on any atom is -0.481 e. The van der Waals surface area contributed by atoms with Gasteiger partial charge in [0.15, 0.2) is 5.78 Å². The number of rotatable bonds is 12. The molecule has 1 aliphatic carbocycles. The van der Waals surface area contributed by atoms with E-state index in [1.165, 1.54) is 6.42 Å². The van der Waals surface area contributed by atoms with Gasteiger partial charge in [-0.1, -0.05) is 25.5 Å². The Hall–Kier alpha value is -1.20. The number of hydrogen-bond acceptors (Lipinski definition) is 4. The molecule has 2 fully saturated rings. The first kappa shape index (κ1) is 21.1. The summed E-state index contributed by atoms with van der Waals surface area (Å²) < 4.78 is 0. The molecule has 0 amide bonds. The summed E-state index contributed by atoms with van der Waals surface area (Å²) in [6.07, 6.45) is 13.1. The first-order valence-electron chi connectivity index (χ1n) is 10.3. The molecule has 2 N–H and O–H groups in total. The fourth-order valence-corrected chi connectivity index (χ4v) is 4.39. The molecular formula is C21H35NO4. The van der Waals surface area contributed by atoms with Crippen LogP contribution in [0.4, 0.5) is 0 Å². The molecule has 1 heterocycles. The number of Topliss-reactive ketones (excluding diaryl/α,β-unsaturated/α-hetero) is 1. The van der Waals surface area contributed by atoms with E-state index < -0.39 is 5.97 Å². The summed E-state index contributed by atoms with van der Waals surface area (Å²) in [6, 6.07) is -0.0355. The molecule has 1 aliphatic heterocycles. The highest BCUT2D eigenvalue weighted by Crippen LogP contribution is 2.47. The lowest BCUT2D eigenvalue weighted by atomic mass is 9.62. The van der Waals surface area contributed by atoms with Gasteiger partial charge in [0.1, 0.15) is 0 Å². The molecule has 0 spiro atoms. The summed E-state index contributed by atoms with van der Waals surface area (Å²) in [7, 11) is 0. The molecule has 1 saturated heterocycles. The smallest absolute Gasteiger partial charge is 0.303 e. The van der Waals surface area contributed by atoms with Crippen LogP contribution in [0.15, 0.2) is 12.2 Å². The molecule has 1 saturated carbocycles. The van der Waals surface area contributed by atoms with Gasteiger partial charge in [-0.3, -0.25) is 14.5 Å². The van der Waals surface area contributed by atoms with Crippen molar-refractivity contribution in [3.63, 3.8) is 0 Å². The van der Waals surface area contributed by atoms with Crippen LogP contribution in [-0.4, -0.2) is 52.1 Å². The van der Waals surface area contributed by atoms with Gasteiger partial charge in [0.25, 0.3) is 0 Å². The highest BCUT2D eigenvalue weighted by atomic mass is 16.4. The van der Waals surface area contributed by atoms with Crippen LogP contribution in [0.25, 0.3) is 0 Å². The number of aliphatic carboxylic acids is 1. The average molecular weight is 366 g/mol. The van der Waals surface area contributed by atoms with Crippen LogP contribution in [0.1, 0.15) is 77.6 Å². The minimum atomic E-state index is -0.760. The first-order chi connectivity index (χ1) is 12.5. The van der Waals surface area contributed by atoms with Gasteiger partial charge in [0.05, 0.1) is 12.1 Å². The number of nitrogens with zero attached hydrogens (tertiary/aromatic N) is 1. The number of carboxylic acids is 1. The number of carbonyl (C=O) groups is 2. The lowest BCUT2D eigenvalue weighted by Gasteiger charge is -2.45. The fraction of sp³-hybridized carbons (Fsp3) is 0.810. The molecule has 2 rings (SSSR count). The first-order valence-corrected chi connectivity index (χ1v) is 10.3. The second kappa shape index (κ2) is 10.2. The predicted octanol–water partition coefficient (Wildman–Crippen LogP) is 3.55. The predicted molar refractivity (Wildman–Crippen MR) is 102 cm³/mol. The fourth-order valence-electron chi connectivity index (χ4n) is 4.39. The zero-order valence-electron chi connectivity index (χ0n) is 16.2. The highest BCUT2D eigenvalue weighted by molar-refractivity contribution is 5.86. The Kier molecular flexibility index (Phi) is 8.29. The lowest BCUT2D eigenvalue weighted by Crippen LogP contribution is -2.41. The number of likely N-dealkylation sites (tertiary alicyclic amines) is 1. The Balaban J connectivity index is 1.69. The van der Waals surface area contributed by atoms with Gasteiger partial charge in [0, 0.05) is 19.4 Å². The van der Waals surface area contributed by atoms with Gasteiger partial charge in [-0.15, -0.1) is 0 Å². The molecule has 26 heavy (non-hydrogen) atoms. The molecule has 0 bridgehead atoms. The van der Waals surface area contributed by atoms with E-state index in [1.807, 2.05) is 12.2 Å². The average Bonchev–Trinajstić information content (AvgIpc) is 2.90. The number of carboxylic acid groups (broad SMARTS) is 1. The summed E-state index contributed by atoms with van der Waals surface area (Å²) in [5.74, 6) is -0.450. The molecule has 0 aromatic heterocycles. The number of aliphatic hydroxyl groups is 1. The number of aliphatic hydroxyl groups excluding tert-OH is 1. The molecule has 5 heteroatoms. The lowest BCUT2D eigenvalue weighted by molar-refractivity contribution is -0.137. The second-order valence-corrected chi connectivity index (χ2v) is 7.99. The molecule has 1 unspecified atom stereocenters. The third-order valence-electron chi connectivity index (χ3n) is 6.43. The molecule has 0 aromatic rings. The Labute approximate surface area is 157 Å². The largest absolute Gasteiger partial charge is 0.481 e. The van der Waals surface area contributed by atoms with Crippen molar-refractivity contribution in [3.8, 4) is 0 Å². The van der Waals surface area contributed by atoms with Crippen LogP contribution in [0, 0.1) is 5.41 Å². The highest BCUT2D eigenvalue weighted by Gasteiger charge is 2.41. The maximum absolute atomic E-state index is 12.1. The van der Waals surface area contributed by atoms with E-state index in [4.69, 9.17) is 5.11 Å². The maximum Gasteiger partial charge on any atom is 0.303 e. The van der Waals surface area contributed by atoms with Crippen molar-refractivity contribution < 1.29 is 19.8 Å². The number of allylic oxidation sites excluding steroid dienone is 1. The topological polar surface area (TPSA) is 77.8 Å². The Morgan fingerprint density at radius 1 is 1.35 bits per heavy atom. The van der Waals surface area contributed by atoms with Crippen molar-refractivity contribution in [2.75, 3.05) is 13.1 Å². The van der Waals surface area contributed by atoms with Crippen molar-refractivity contribution in [1.29, 1.82) is 0 Å². The van der Waals surface area contributed by atoms with Crippen molar-refractivity contribution in [1.82, 2.24) is 4.90 Å². The van der Waals surface area contributed by atoms with Crippen molar-refractivity contribution in [3.05, 3.63) is 12.2 Å². The van der Waals surface area contributed by atoms with Gasteiger partial charge >= 0.3 is 5.97 Å². The number of carbonyl (C=O) groups excluding carboxylic acids is 1. The maximum atomic E-state index is 12.1. The molecule has 0 radical (unpaired) electrons. The standard InChI is InChI=1S/C21H35NO4/c1-2-21(13-8-14-21)19(24)10-7-15-22-16-12-18(23)17(22)9-5-3-4-6-11-20(25)26/h3,5,17,19,24H,2,4,6-16H2,1H3,(H,25,26)/b5-3-/t17?,19-/m0/s1. The van der Waals surface area contributed by atoms with E-state index in [2.05, 4.69) is 11.8 Å². The van der Waals surface area contributed by atoms with Crippen LogP contribution in [-0.2, 0) is 9.59 Å². The number of unbranched alkanes of at least 4 members (excludes halogenated alkanes) is 1. The van der Waals surface area contributed by atoms with E-state index in [-0.39, 0.29) is 24.0 Å². The van der Waals surface area contributed by atoms with Crippen molar-refractivity contribution >= 4 is 11.8 Å². The molecule has 2 aliphatic rings.